The SMILES string of the molecule is CCCC(C(=O)n1nc(C(N)=O)cc1C(C)(C)C)N(O)Cc1ccc(F)cc1. The third-order valence-electron chi connectivity index (χ3n) is 4.40. The highest BCUT2D eigenvalue weighted by Gasteiger charge is 2.32. The zero-order valence-electron chi connectivity index (χ0n) is 16.6. The molecular formula is C20H27FN4O3. The average Bonchev–Trinajstić information content (AvgIpc) is 3.07. The third kappa shape index (κ3) is 5.02. The van der Waals surface area contributed by atoms with Crippen molar-refractivity contribution in [1.82, 2.24) is 14.8 Å². The predicted octanol–water partition coefficient (Wildman–Crippen LogP) is 3.12. The molecule has 1 unspecified atom stereocenters. The molecule has 1 atom stereocenters. The van der Waals surface area contributed by atoms with Gasteiger partial charge in [-0.05, 0) is 30.2 Å². The summed E-state index contributed by atoms with van der Waals surface area (Å²) in [6, 6.07) is 6.31. The summed E-state index contributed by atoms with van der Waals surface area (Å²) in [6.45, 7) is 7.62. The quantitative estimate of drug-likeness (QED) is 0.708. The molecule has 0 aliphatic rings. The Morgan fingerprint density at radius 3 is 2.39 bits per heavy atom. The second-order valence-electron chi connectivity index (χ2n) is 7.81. The zero-order valence-corrected chi connectivity index (χ0v) is 16.6. The van der Waals surface area contributed by atoms with Crippen LogP contribution in [0.3, 0.4) is 0 Å². The lowest BCUT2D eigenvalue weighted by molar-refractivity contribution is -0.126. The van der Waals surface area contributed by atoms with Gasteiger partial charge in [-0.15, -0.1) is 0 Å². The lowest BCUT2D eigenvalue weighted by Gasteiger charge is -2.27. The molecule has 8 heteroatoms. The van der Waals surface area contributed by atoms with Crippen molar-refractivity contribution in [2.24, 2.45) is 5.73 Å². The van der Waals surface area contributed by atoms with Crippen LogP contribution in [-0.4, -0.2) is 37.9 Å². The first-order valence-corrected chi connectivity index (χ1v) is 9.19. The van der Waals surface area contributed by atoms with Crippen LogP contribution in [0.4, 0.5) is 4.39 Å². The number of nitrogens with two attached hydrogens (primary N) is 1. The van der Waals surface area contributed by atoms with Crippen molar-refractivity contribution < 1.29 is 19.2 Å². The molecule has 0 saturated heterocycles. The number of carbonyl (C=O) groups excluding carboxylic acids is 2. The summed E-state index contributed by atoms with van der Waals surface area (Å²) in [5, 5.41) is 15.6. The number of rotatable bonds is 7. The number of hydrogen-bond donors (Lipinski definition) is 2. The number of aromatic nitrogens is 2. The second-order valence-corrected chi connectivity index (χ2v) is 7.81. The third-order valence-corrected chi connectivity index (χ3v) is 4.40. The largest absolute Gasteiger partial charge is 0.364 e. The van der Waals surface area contributed by atoms with E-state index >= 15 is 0 Å². The minimum absolute atomic E-state index is 0.00320. The summed E-state index contributed by atoms with van der Waals surface area (Å²) in [6.07, 6.45) is 1.03. The van der Waals surface area contributed by atoms with Crippen LogP contribution in [0.25, 0.3) is 0 Å². The number of primary amides is 1. The number of amides is 1. The standard InChI is InChI=1S/C20H27FN4O3/c1-5-6-16(24(28)12-13-7-9-14(21)10-8-13)19(27)25-17(20(2,3)4)11-15(23-25)18(22)26/h7-11,16,28H,5-6,12H2,1-4H3,(H2,22,26). The van der Waals surface area contributed by atoms with Crippen LogP contribution in [0.2, 0.25) is 0 Å². The Bertz CT molecular complexity index is 840. The Labute approximate surface area is 163 Å². The van der Waals surface area contributed by atoms with Crippen molar-refractivity contribution in [3.8, 4) is 0 Å². The van der Waals surface area contributed by atoms with E-state index in [4.69, 9.17) is 5.73 Å². The minimum Gasteiger partial charge on any atom is -0.364 e. The number of halogens is 1. The van der Waals surface area contributed by atoms with Gasteiger partial charge in [0.2, 0.25) is 0 Å². The second kappa shape index (κ2) is 8.62. The molecule has 0 spiro atoms. The van der Waals surface area contributed by atoms with Gasteiger partial charge in [0, 0.05) is 12.0 Å². The van der Waals surface area contributed by atoms with Crippen molar-refractivity contribution >= 4 is 11.8 Å². The van der Waals surface area contributed by atoms with Gasteiger partial charge in [-0.25, -0.2) is 9.07 Å². The van der Waals surface area contributed by atoms with E-state index in [1.165, 1.54) is 18.2 Å². The molecular weight excluding hydrogens is 363 g/mol. The van der Waals surface area contributed by atoms with Gasteiger partial charge in [-0.1, -0.05) is 46.2 Å². The van der Waals surface area contributed by atoms with Gasteiger partial charge in [0.05, 0.1) is 5.69 Å². The summed E-state index contributed by atoms with van der Waals surface area (Å²) >= 11 is 0. The van der Waals surface area contributed by atoms with Crippen LogP contribution < -0.4 is 5.73 Å². The van der Waals surface area contributed by atoms with Crippen molar-refractivity contribution in [1.29, 1.82) is 0 Å². The Hall–Kier alpha value is -2.58. The molecule has 2 rings (SSSR count). The molecule has 1 amide bonds. The van der Waals surface area contributed by atoms with E-state index in [1.54, 1.807) is 12.1 Å². The number of carbonyl (C=O) groups is 2. The minimum atomic E-state index is -0.878. The smallest absolute Gasteiger partial charge is 0.269 e. The van der Waals surface area contributed by atoms with E-state index < -0.39 is 23.3 Å². The van der Waals surface area contributed by atoms with Crippen molar-refractivity contribution in [2.75, 3.05) is 0 Å². The van der Waals surface area contributed by atoms with Crippen molar-refractivity contribution in [3.05, 3.63) is 53.1 Å². The van der Waals surface area contributed by atoms with E-state index in [0.29, 0.717) is 24.1 Å². The zero-order chi connectivity index (χ0) is 21.1. The van der Waals surface area contributed by atoms with Gasteiger partial charge < -0.3 is 10.9 Å². The Morgan fingerprint density at radius 2 is 1.89 bits per heavy atom. The van der Waals surface area contributed by atoms with Crippen LogP contribution in [0, 0.1) is 5.82 Å². The van der Waals surface area contributed by atoms with Gasteiger partial charge in [-0.3, -0.25) is 9.59 Å². The topological polar surface area (TPSA) is 101 Å². The predicted molar refractivity (Wildman–Crippen MR) is 102 cm³/mol. The summed E-state index contributed by atoms with van der Waals surface area (Å²) in [7, 11) is 0. The first-order chi connectivity index (χ1) is 13.0. The van der Waals surface area contributed by atoms with Gasteiger partial charge in [0.15, 0.2) is 5.69 Å². The number of benzene rings is 1. The summed E-state index contributed by atoms with van der Waals surface area (Å²) in [4.78, 5) is 24.8. The van der Waals surface area contributed by atoms with Gasteiger partial charge in [0.25, 0.3) is 11.8 Å². The van der Waals surface area contributed by atoms with Crippen LogP contribution in [0.15, 0.2) is 30.3 Å². The Balaban J connectivity index is 2.36. The average molecular weight is 390 g/mol. The van der Waals surface area contributed by atoms with E-state index in [1.807, 2.05) is 27.7 Å². The molecule has 7 nitrogen and oxygen atoms in total. The maximum absolute atomic E-state index is 13.2. The fourth-order valence-corrected chi connectivity index (χ4v) is 2.91. The lowest BCUT2D eigenvalue weighted by Crippen LogP contribution is -2.43. The van der Waals surface area contributed by atoms with Crippen molar-refractivity contribution in [2.45, 2.75) is 58.5 Å². The first kappa shape index (κ1) is 21.7. The molecule has 1 aromatic heterocycles. The summed E-state index contributed by atoms with van der Waals surface area (Å²) < 4.78 is 14.3. The highest BCUT2D eigenvalue weighted by atomic mass is 19.1. The van der Waals surface area contributed by atoms with E-state index in [0.717, 1.165) is 9.75 Å². The molecule has 1 heterocycles. The monoisotopic (exact) mass is 390 g/mol. The first-order valence-electron chi connectivity index (χ1n) is 9.19. The molecule has 0 aliphatic carbocycles. The highest BCUT2D eigenvalue weighted by Crippen LogP contribution is 2.24. The van der Waals surface area contributed by atoms with Crippen LogP contribution in [0.1, 0.15) is 67.1 Å². The van der Waals surface area contributed by atoms with Crippen molar-refractivity contribution in [3.63, 3.8) is 0 Å². The maximum Gasteiger partial charge on any atom is 0.269 e. The molecule has 0 radical (unpaired) electrons. The van der Waals surface area contributed by atoms with E-state index in [-0.39, 0.29) is 18.1 Å². The molecule has 2 aromatic rings. The van der Waals surface area contributed by atoms with E-state index in [9.17, 15) is 19.2 Å². The Kier molecular flexibility index (Phi) is 6.69. The van der Waals surface area contributed by atoms with Crippen LogP contribution in [0.5, 0.6) is 0 Å². The van der Waals surface area contributed by atoms with Gasteiger partial charge in [0.1, 0.15) is 11.9 Å². The molecule has 0 saturated carbocycles. The number of nitrogens with zero attached hydrogens (tertiary/aromatic N) is 3. The summed E-state index contributed by atoms with van der Waals surface area (Å²) in [5.41, 5.74) is 6.05. The highest BCUT2D eigenvalue weighted by molar-refractivity contribution is 5.92. The fraction of sp³-hybridized carbons (Fsp3) is 0.450. The maximum atomic E-state index is 13.2. The number of hydrogen-bond acceptors (Lipinski definition) is 5. The fourth-order valence-electron chi connectivity index (χ4n) is 2.91. The molecule has 3 N–H and O–H groups in total. The number of hydroxylamine groups is 2. The molecule has 0 aliphatic heterocycles. The van der Waals surface area contributed by atoms with Gasteiger partial charge in [-0.2, -0.15) is 10.2 Å². The Morgan fingerprint density at radius 1 is 1.29 bits per heavy atom. The van der Waals surface area contributed by atoms with Gasteiger partial charge >= 0.3 is 0 Å². The normalized spacial score (nSPS) is 13.0. The lowest BCUT2D eigenvalue weighted by atomic mass is 9.91. The molecule has 1 aromatic carbocycles. The molecule has 0 fully saturated rings. The van der Waals surface area contributed by atoms with Crippen LogP contribution >= 0.6 is 0 Å². The summed E-state index contributed by atoms with van der Waals surface area (Å²) in [5.74, 6) is -1.56. The molecule has 0 bridgehead atoms. The van der Waals surface area contributed by atoms with Crippen LogP contribution in [-0.2, 0) is 12.0 Å². The van der Waals surface area contributed by atoms with E-state index in [2.05, 4.69) is 5.10 Å². The molecule has 28 heavy (non-hydrogen) atoms. The molecule has 152 valence electrons.